The second kappa shape index (κ2) is 76.0. The Kier molecular flexibility index (Phi) is 171. The number of hydrogen-bond donors (Lipinski definition) is 1. The van der Waals surface area contributed by atoms with Gasteiger partial charge in [-0.1, -0.05) is 5.92 Å². The molecule has 0 aromatic carbocycles. The molecule has 0 aliphatic heterocycles. The Morgan fingerprint density at radius 2 is 0.880 bits per heavy atom. The maximum Gasteiger partial charge on any atom is 0 e. The molecule has 0 aromatic rings. The monoisotopic (exact) mass is 466 g/mol. The van der Waals surface area contributed by atoms with Gasteiger partial charge in [-0.25, -0.2) is 0 Å². The first-order valence-electron chi connectivity index (χ1n) is 4.56. The molecule has 0 rings (SSSR count). The first-order chi connectivity index (χ1) is 10.9. The molecule has 9 nitrogen and oxygen atoms in total. The van der Waals surface area contributed by atoms with Crippen molar-refractivity contribution in [2.45, 2.75) is 19.4 Å². The molecule has 0 fully saturated rings. The summed E-state index contributed by atoms with van der Waals surface area (Å²) < 4.78 is 51.5. The molecule has 12 heteroatoms. The van der Waals surface area contributed by atoms with Crippen LogP contribution >= 0.6 is 8.60 Å². The van der Waals surface area contributed by atoms with Crippen LogP contribution in [0.2, 0.25) is 0 Å². The smallest absolute Gasteiger partial charge is 0 e. The zero-order chi connectivity index (χ0) is 20.9. The maximum atomic E-state index is 8.59. The average molecular weight is 466 g/mol. The minimum atomic E-state index is -1.05. The molecule has 146 valence electrons. The van der Waals surface area contributed by atoms with Crippen LogP contribution in [0.1, 0.15) is 13.8 Å². The van der Waals surface area contributed by atoms with Gasteiger partial charge >= 0.3 is 65.1 Å². The molecule has 0 spiro atoms. The second-order valence-corrected chi connectivity index (χ2v) is 4.02. The van der Waals surface area contributed by atoms with Crippen LogP contribution < -0.4 is 0 Å². The molecule has 1 N–H and O–H groups in total. The minimum Gasteiger partial charge on any atom is 0 e. The van der Waals surface area contributed by atoms with Crippen molar-refractivity contribution in [3.63, 3.8) is 0 Å². The van der Waals surface area contributed by atoms with E-state index in [1.165, 1.54) is 0 Å². The van der Waals surface area contributed by atoms with E-state index in [1.54, 1.807) is 35.2 Å². The Morgan fingerprint density at radius 3 is 0.880 bits per heavy atom. The summed E-state index contributed by atoms with van der Waals surface area (Å²) in [5, 5.41) is 8.59. The molecule has 2 radical (unpaired) electrons. The zero-order valence-corrected chi connectivity index (χ0v) is 16.9. The topological polar surface area (TPSA) is 147 Å². The van der Waals surface area contributed by atoms with E-state index in [0.717, 1.165) is 0 Å². The van der Waals surface area contributed by atoms with Gasteiger partial charge < -0.3 is 18.7 Å². The second-order valence-electron chi connectivity index (χ2n) is 2.47. The van der Waals surface area contributed by atoms with E-state index in [4.69, 9.17) is 34.8 Å². The summed E-state index contributed by atoms with van der Waals surface area (Å²) in [7, 11) is 3.57. The summed E-state index contributed by atoms with van der Waals surface area (Å²) in [5.74, 6) is 2.16. The van der Waals surface area contributed by atoms with Crippen molar-refractivity contribution >= 4 is 8.60 Å². The molecule has 0 aromatic heterocycles. The fourth-order valence-corrected chi connectivity index (χ4v) is 0.671. The van der Waals surface area contributed by atoms with Crippen LogP contribution in [-0.2, 0) is 70.4 Å². The standard InChI is InChI=1S/C5H8O.C3H9O3P.5CO.2Co/c1-4-5(2,3)6;1-4-7(5-2)6-3;5*1-2;;/h1,6H,2-3H3;1-3H3;;;;;;;. The van der Waals surface area contributed by atoms with Crippen LogP contribution in [-0.4, -0.2) is 32.0 Å². The predicted octanol–water partition coefficient (Wildman–Crippen LogP) is 1.35. The van der Waals surface area contributed by atoms with Crippen molar-refractivity contribution in [3.05, 3.63) is 33.3 Å². The molecule has 0 unspecified atom stereocenters. The van der Waals surface area contributed by atoms with Gasteiger partial charge in [0.15, 0.2) is 0 Å². The Bertz CT molecular complexity index is 283. The van der Waals surface area contributed by atoms with Gasteiger partial charge in [-0.3, -0.25) is 0 Å². The van der Waals surface area contributed by atoms with Crippen molar-refractivity contribution in [3.8, 4) is 12.3 Å². The average Bonchev–Trinajstić information content (AvgIpc) is 2.65. The Labute approximate surface area is 170 Å². The summed E-state index contributed by atoms with van der Waals surface area (Å²) in [6.45, 7) is 25.6. The third-order valence-electron chi connectivity index (χ3n) is 0.800. The third kappa shape index (κ3) is 150. The van der Waals surface area contributed by atoms with E-state index >= 15 is 0 Å². The molecule has 0 aliphatic rings. The van der Waals surface area contributed by atoms with Crippen LogP contribution in [0.4, 0.5) is 0 Å². The normalized spacial score (nSPS) is 5.76. The maximum absolute atomic E-state index is 8.59. The van der Waals surface area contributed by atoms with Crippen LogP contribution in [0.15, 0.2) is 0 Å². The summed E-state index contributed by atoms with van der Waals surface area (Å²) in [6, 6.07) is 0. The quantitative estimate of drug-likeness (QED) is 0.289. The summed E-state index contributed by atoms with van der Waals surface area (Å²) in [6.07, 6.45) is 4.81. The fraction of sp³-hybridized carbons (Fsp3) is 0.462. The first-order valence-corrected chi connectivity index (χ1v) is 5.65. The van der Waals surface area contributed by atoms with Crippen molar-refractivity contribution < 1.29 is 75.5 Å². The number of rotatable bonds is 3. The largest absolute Gasteiger partial charge is 0 e. The third-order valence-corrected chi connectivity index (χ3v) is 1.69. The van der Waals surface area contributed by atoms with E-state index in [-0.39, 0.29) is 33.6 Å². The van der Waals surface area contributed by atoms with Gasteiger partial charge in [-0.2, -0.15) is 0 Å². The minimum absolute atomic E-state index is 0. The fourth-order valence-electron chi connectivity index (χ4n) is 0.224. The van der Waals surface area contributed by atoms with Gasteiger partial charge in [-0.05, 0) is 13.8 Å². The van der Waals surface area contributed by atoms with Gasteiger partial charge in [0.25, 0.3) is 0 Å². The van der Waals surface area contributed by atoms with Gasteiger partial charge in [0.2, 0.25) is 0 Å². The van der Waals surface area contributed by atoms with Crippen molar-refractivity contribution in [2.75, 3.05) is 21.3 Å². The summed E-state index contributed by atoms with van der Waals surface area (Å²) >= 11 is 0. The van der Waals surface area contributed by atoms with Gasteiger partial charge in [0, 0.05) is 54.9 Å². The Morgan fingerprint density at radius 1 is 0.760 bits per heavy atom. The van der Waals surface area contributed by atoms with E-state index < -0.39 is 14.2 Å². The molecule has 0 amide bonds. The SMILES string of the molecule is C#CC(C)(C)O.COP(OC)OC.[C-]#[O+].[C-]#[O+].[C-]#[O+].[C-]#[O+].[C-]#[O+].[Co].[Co]. The van der Waals surface area contributed by atoms with E-state index in [9.17, 15) is 0 Å². The van der Waals surface area contributed by atoms with Crippen LogP contribution in [0.5, 0.6) is 0 Å². The van der Waals surface area contributed by atoms with Crippen molar-refractivity contribution in [1.82, 2.24) is 0 Å². The molecule has 0 atom stereocenters. The summed E-state index contributed by atoms with van der Waals surface area (Å²) in [4.78, 5) is 0. The van der Waals surface area contributed by atoms with Crippen LogP contribution in [0, 0.1) is 45.6 Å². The van der Waals surface area contributed by atoms with Crippen molar-refractivity contribution in [2.24, 2.45) is 0 Å². The molecular weight excluding hydrogens is 449 g/mol. The number of hydrogen-bond acceptors (Lipinski definition) is 4. The molecular formula is C13H17Co2O9P. The summed E-state index contributed by atoms with van der Waals surface area (Å²) in [5.41, 5.74) is -0.931. The zero-order valence-electron chi connectivity index (χ0n) is 13.9. The molecule has 25 heavy (non-hydrogen) atoms. The first kappa shape index (κ1) is 56.3. The molecule has 0 saturated carbocycles. The number of terminal acetylenes is 1. The van der Waals surface area contributed by atoms with Gasteiger partial charge in [0.05, 0.1) is 0 Å². The molecule has 0 heterocycles. The number of aliphatic hydroxyl groups is 1. The van der Waals surface area contributed by atoms with Crippen molar-refractivity contribution in [1.29, 1.82) is 0 Å². The van der Waals surface area contributed by atoms with E-state index in [1.807, 2.05) is 0 Å². The Balaban J connectivity index is -0.0000000186. The molecule has 0 aliphatic carbocycles. The molecule has 0 bridgehead atoms. The van der Waals surface area contributed by atoms with Gasteiger partial charge in [-0.15, -0.1) is 6.42 Å². The van der Waals surface area contributed by atoms with Gasteiger partial charge in [0.1, 0.15) is 5.60 Å². The molecule has 0 saturated heterocycles. The van der Waals surface area contributed by atoms with Crippen LogP contribution in [0.25, 0.3) is 0 Å². The Hall–Kier alpha value is -0.457. The van der Waals surface area contributed by atoms with Crippen LogP contribution in [0.3, 0.4) is 0 Å². The van der Waals surface area contributed by atoms with E-state index in [2.05, 4.69) is 52.7 Å². The van der Waals surface area contributed by atoms with E-state index in [0.29, 0.717) is 0 Å². The predicted molar refractivity (Wildman–Crippen MR) is 72.7 cm³/mol.